The van der Waals surface area contributed by atoms with Gasteiger partial charge in [0.05, 0.1) is 11.2 Å². The quantitative estimate of drug-likeness (QED) is 0.755. The third-order valence-corrected chi connectivity index (χ3v) is 4.66. The number of rotatable bonds is 4. The maximum atomic E-state index is 9.51. The van der Waals surface area contributed by atoms with E-state index < -0.39 is 0 Å². The number of aromatic nitrogens is 1. The van der Waals surface area contributed by atoms with Gasteiger partial charge in [-0.05, 0) is 36.8 Å². The minimum atomic E-state index is 0.302. The highest BCUT2D eigenvalue weighted by molar-refractivity contribution is 5.97. The predicted octanol–water partition coefficient (Wildman–Crippen LogP) is 3.03. The smallest absolute Gasteiger partial charge is 0.0951 e. The number of nitrogen functional groups attached to an aromatic ring is 1. The van der Waals surface area contributed by atoms with Gasteiger partial charge < -0.3 is 16.2 Å². The summed E-state index contributed by atoms with van der Waals surface area (Å²) in [7, 11) is 0. The molecule has 1 heterocycles. The number of nitrogens with two attached hydrogens (primary N) is 1. The Balaban J connectivity index is 1.77. The van der Waals surface area contributed by atoms with Crippen LogP contribution in [0, 0.1) is 11.8 Å². The first-order valence-corrected chi connectivity index (χ1v) is 7.77. The van der Waals surface area contributed by atoms with Crippen LogP contribution in [0.5, 0.6) is 0 Å². The summed E-state index contributed by atoms with van der Waals surface area (Å²) in [5, 5.41) is 14.1. The normalized spacial score (nSPS) is 22.3. The first-order chi connectivity index (χ1) is 10.3. The van der Waals surface area contributed by atoms with Crippen LogP contribution in [-0.2, 0) is 0 Å². The molecule has 1 saturated carbocycles. The monoisotopic (exact) mass is 285 g/mol. The van der Waals surface area contributed by atoms with Gasteiger partial charge in [0.25, 0.3) is 0 Å². The van der Waals surface area contributed by atoms with E-state index in [-0.39, 0.29) is 0 Å². The number of benzene rings is 1. The highest BCUT2D eigenvalue weighted by Gasteiger charge is 2.24. The molecule has 21 heavy (non-hydrogen) atoms. The van der Waals surface area contributed by atoms with Crippen LogP contribution < -0.4 is 11.1 Å². The molecule has 0 saturated heterocycles. The van der Waals surface area contributed by atoms with Gasteiger partial charge in [-0.3, -0.25) is 4.98 Å². The standard InChI is InChI=1S/C17H23N3O/c18-15-7-3-6-14-16(8-9-19-17(14)15)20-10-12-4-1-2-5-13(12)11-21/h3,6-9,12-13,21H,1-2,4-5,10-11,18H2,(H,19,20). The molecule has 0 spiro atoms. The number of fused-ring (bicyclic) bond motifs is 1. The topological polar surface area (TPSA) is 71.2 Å². The molecule has 3 rings (SSSR count). The molecule has 4 N–H and O–H groups in total. The van der Waals surface area contributed by atoms with Crippen molar-refractivity contribution in [3.05, 3.63) is 30.5 Å². The number of hydrogen-bond donors (Lipinski definition) is 3. The molecule has 1 aromatic carbocycles. The number of anilines is 2. The Kier molecular flexibility index (Phi) is 4.25. The molecular formula is C17H23N3O. The summed E-state index contributed by atoms with van der Waals surface area (Å²) < 4.78 is 0. The SMILES string of the molecule is Nc1cccc2c(NCC3CCCCC3CO)ccnc12. The molecular weight excluding hydrogens is 262 g/mol. The summed E-state index contributed by atoms with van der Waals surface area (Å²) in [6, 6.07) is 7.88. The minimum absolute atomic E-state index is 0.302. The van der Waals surface area contributed by atoms with Crippen LogP contribution in [-0.4, -0.2) is 23.2 Å². The van der Waals surface area contributed by atoms with Crippen LogP contribution in [0.3, 0.4) is 0 Å². The zero-order valence-electron chi connectivity index (χ0n) is 12.3. The van der Waals surface area contributed by atoms with Crippen molar-refractivity contribution in [3.8, 4) is 0 Å². The Labute approximate surface area is 125 Å². The lowest BCUT2D eigenvalue weighted by molar-refractivity contribution is 0.141. The van der Waals surface area contributed by atoms with Gasteiger partial charge in [0.2, 0.25) is 0 Å². The largest absolute Gasteiger partial charge is 0.397 e. The van der Waals surface area contributed by atoms with E-state index in [1.807, 2.05) is 24.3 Å². The van der Waals surface area contributed by atoms with E-state index in [2.05, 4.69) is 10.3 Å². The number of aliphatic hydroxyl groups excluding tert-OH is 1. The second kappa shape index (κ2) is 6.31. The maximum absolute atomic E-state index is 9.51. The Bertz CT molecular complexity index is 614. The Morgan fingerprint density at radius 2 is 2.00 bits per heavy atom. The van der Waals surface area contributed by atoms with Crippen LogP contribution in [0.25, 0.3) is 10.9 Å². The first kappa shape index (κ1) is 14.1. The van der Waals surface area contributed by atoms with E-state index >= 15 is 0 Å². The van der Waals surface area contributed by atoms with E-state index in [1.54, 1.807) is 6.20 Å². The lowest BCUT2D eigenvalue weighted by atomic mass is 9.79. The lowest BCUT2D eigenvalue weighted by Crippen LogP contribution is -2.28. The molecule has 2 unspecified atom stereocenters. The summed E-state index contributed by atoms with van der Waals surface area (Å²) in [5.41, 5.74) is 8.62. The van der Waals surface area contributed by atoms with Crippen molar-refractivity contribution < 1.29 is 5.11 Å². The molecule has 2 atom stereocenters. The summed E-state index contributed by atoms with van der Waals surface area (Å²) in [6.07, 6.45) is 6.66. The number of hydrogen-bond acceptors (Lipinski definition) is 4. The van der Waals surface area contributed by atoms with Crippen molar-refractivity contribution >= 4 is 22.3 Å². The van der Waals surface area contributed by atoms with Gasteiger partial charge in [-0.2, -0.15) is 0 Å². The van der Waals surface area contributed by atoms with Gasteiger partial charge in [-0.15, -0.1) is 0 Å². The Hall–Kier alpha value is -1.81. The molecule has 0 amide bonds. The molecule has 0 bridgehead atoms. The molecule has 1 fully saturated rings. The third-order valence-electron chi connectivity index (χ3n) is 4.66. The zero-order chi connectivity index (χ0) is 14.7. The van der Waals surface area contributed by atoms with Gasteiger partial charge >= 0.3 is 0 Å². The lowest BCUT2D eigenvalue weighted by Gasteiger charge is -2.30. The first-order valence-electron chi connectivity index (χ1n) is 7.77. The fraction of sp³-hybridized carbons (Fsp3) is 0.471. The molecule has 4 nitrogen and oxygen atoms in total. The molecule has 1 aliphatic rings. The van der Waals surface area contributed by atoms with Crippen molar-refractivity contribution in [2.24, 2.45) is 11.8 Å². The number of nitrogens with one attached hydrogen (secondary N) is 1. The van der Waals surface area contributed by atoms with Crippen molar-refractivity contribution in [2.45, 2.75) is 25.7 Å². The Morgan fingerprint density at radius 3 is 2.81 bits per heavy atom. The second-order valence-corrected chi connectivity index (χ2v) is 5.97. The maximum Gasteiger partial charge on any atom is 0.0951 e. The fourth-order valence-corrected chi connectivity index (χ4v) is 3.39. The molecule has 2 aromatic rings. The number of para-hydroxylation sites is 1. The molecule has 0 radical (unpaired) electrons. The molecule has 0 aliphatic heterocycles. The van der Waals surface area contributed by atoms with Gasteiger partial charge in [0.15, 0.2) is 0 Å². The molecule has 1 aliphatic carbocycles. The second-order valence-electron chi connectivity index (χ2n) is 5.97. The summed E-state index contributed by atoms with van der Waals surface area (Å²) >= 11 is 0. The summed E-state index contributed by atoms with van der Waals surface area (Å²) in [5.74, 6) is 0.984. The van der Waals surface area contributed by atoms with E-state index in [0.29, 0.717) is 24.1 Å². The molecule has 1 aromatic heterocycles. The van der Waals surface area contributed by atoms with E-state index in [4.69, 9.17) is 5.73 Å². The summed E-state index contributed by atoms with van der Waals surface area (Å²) in [4.78, 5) is 4.36. The zero-order valence-corrected chi connectivity index (χ0v) is 12.3. The highest BCUT2D eigenvalue weighted by Crippen LogP contribution is 2.31. The van der Waals surface area contributed by atoms with Crippen LogP contribution in [0.2, 0.25) is 0 Å². The van der Waals surface area contributed by atoms with Crippen molar-refractivity contribution in [1.82, 2.24) is 4.98 Å². The van der Waals surface area contributed by atoms with E-state index in [0.717, 1.165) is 29.6 Å². The van der Waals surface area contributed by atoms with Crippen LogP contribution in [0.4, 0.5) is 11.4 Å². The van der Waals surface area contributed by atoms with Crippen molar-refractivity contribution in [3.63, 3.8) is 0 Å². The van der Waals surface area contributed by atoms with E-state index in [1.165, 1.54) is 19.3 Å². The van der Waals surface area contributed by atoms with Crippen molar-refractivity contribution in [1.29, 1.82) is 0 Å². The van der Waals surface area contributed by atoms with Gasteiger partial charge in [-0.1, -0.05) is 25.0 Å². The number of nitrogens with zero attached hydrogens (tertiary/aromatic N) is 1. The van der Waals surface area contributed by atoms with Gasteiger partial charge in [-0.25, -0.2) is 0 Å². The minimum Gasteiger partial charge on any atom is -0.397 e. The summed E-state index contributed by atoms with van der Waals surface area (Å²) in [6.45, 7) is 1.20. The van der Waals surface area contributed by atoms with Crippen LogP contribution >= 0.6 is 0 Å². The average molecular weight is 285 g/mol. The van der Waals surface area contributed by atoms with Crippen LogP contribution in [0.15, 0.2) is 30.5 Å². The number of pyridine rings is 1. The van der Waals surface area contributed by atoms with Gasteiger partial charge in [0, 0.05) is 30.4 Å². The Morgan fingerprint density at radius 1 is 1.19 bits per heavy atom. The van der Waals surface area contributed by atoms with E-state index in [9.17, 15) is 5.11 Å². The predicted molar refractivity (Wildman–Crippen MR) is 87.2 cm³/mol. The molecule has 4 heteroatoms. The fourth-order valence-electron chi connectivity index (χ4n) is 3.39. The van der Waals surface area contributed by atoms with Gasteiger partial charge in [0.1, 0.15) is 0 Å². The molecule has 112 valence electrons. The highest BCUT2D eigenvalue weighted by atomic mass is 16.3. The van der Waals surface area contributed by atoms with Crippen LogP contribution in [0.1, 0.15) is 25.7 Å². The van der Waals surface area contributed by atoms with Crippen molar-refractivity contribution in [2.75, 3.05) is 24.2 Å². The average Bonchev–Trinajstić information content (AvgIpc) is 2.53. The third kappa shape index (κ3) is 2.95. The number of aliphatic hydroxyl groups is 1.